The average molecular weight is 806 g/mol. The second-order valence-electron chi connectivity index (χ2n) is 14.6. The number of likely N-dealkylation sites (tertiary alicyclic amines) is 2. The third kappa shape index (κ3) is 8.39. The van der Waals surface area contributed by atoms with Gasteiger partial charge in [-0.15, -0.1) is 0 Å². The monoisotopic (exact) mass is 805 g/mol. The summed E-state index contributed by atoms with van der Waals surface area (Å²) in [6.45, 7) is 1.05. The first kappa shape index (κ1) is 39.4. The second-order valence-corrected chi connectivity index (χ2v) is 14.6. The fourth-order valence-electron chi connectivity index (χ4n) is 7.85. The van der Waals surface area contributed by atoms with Crippen molar-refractivity contribution >= 4 is 35.0 Å². The van der Waals surface area contributed by atoms with Crippen molar-refractivity contribution < 1.29 is 28.7 Å². The highest BCUT2D eigenvalue weighted by molar-refractivity contribution is 5.88. The zero-order chi connectivity index (χ0) is 41.6. The van der Waals surface area contributed by atoms with Crippen LogP contribution in [0.4, 0.5) is 9.59 Å². The Kier molecular flexibility index (Phi) is 11.5. The molecule has 0 saturated carbocycles. The van der Waals surface area contributed by atoms with Gasteiger partial charge in [-0.3, -0.25) is 14.7 Å². The number of methoxy groups -OCH3 is 2. The van der Waals surface area contributed by atoms with Gasteiger partial charge in [0, 0.05) is 29.8 Å². The van der Waals surface area contributed by atoms with Gasteiger partial charge in [0.25, 0.3) is 11.8 Å². The van der Waals surface area contributed by atoms with E-state index in [1.807, 2.05) is 91.0 Å². The summed E-state index contributed by atoms with van der Waals surface area (Å²) in [6.07, 6.45) is 1.63. The van der Waals surface area contributed by atoms with Gasteiger partial charge in [0.2, 0.25) is 0 Å². The van der Waals surface area contributed by atoms with Gasteiger partial charge in [0.15, 0.2) is 5.82 Å². The summed E-state index contributed by atoms with van der Waals surface area (Å²) in [5.41, 5.74) is 5.26. The Labute approximate surface area is 345 Å². The van der Waals surface area contributed by atoms with Crippen LogP contribution in [-0.4, -0.2) is 86.3 Å². The van der Waals surface area contributed by atoms with Crippen LogP contribution in [-0.2, 0) is 19.1 Å². The predicted octanol–water partition coefficient (Wildman–Crippen LogP) is 6.27. The third-order valence-corrected chi connectivity index (χ3v) is 10.9. The number of ether oxygens (including phenoxy) is 2. The molecule has 4 atom stereocenters. The highest BCUT2D eigenvalue weighted by Gasteiger charge is 2.38. The number of carbonyl (C=O) groups is 4. The normalized spacial score (nSPS) is 17.0. The van der Waals surface area contributed by atoms with Gasteiger partial charge in [-0.05, 0) is 79.3 Å². The molecule has 2 aliphatic rings. The summed E-state index contributed by atoms with van der Waals surface area (Å²) in [6, 6.07) is 29.2. The van der Waals surface area contributed by atoms with E-state index >= 15 is 0 Å². The number of aromatic amines is 2. The third-order valence-electron chi connectivity index (χ3n) is 10.9. The SMILES string of the molecule is COC(=O)N[C@@H](C(=O)N1CCC[C@H]1c1nc(-c2ccc(C#Cc3ccc4nc([C@@H]5CCCN5C(=O)[C@H](NC(=O)OC)c5ccccc5)[nH]c4c3)cc2)n[nH]1)c1ccccc1. The van der Waals surface area contributed by atoms with Gasteiger partial charge >= 0.3 is 12.2 Å². The molecular formula is C45H43N9O6. The number of nitrogens with one attached hydrogen (secondary N) is 4. The van der Waals surface area contributed by atoms with Gasteiger partial charge < -0.3 is 34.9 Å². The lowest BCUT2D eigenvalue weighted by atomic mass is 10.1. The van der Waals surface area contributed by atoms with Crippen molar-refractivity contribution in [2.24, 2.45) is 0 Å². The summed E-state index contributed by atoms with van der Waals surface area (Å²) in [5.74, 6) is 7.74. The van der Waals surface area contributed by atoms with Crippen LogP contribution in [0, 0.1) is 11.8 Å². The average Bonchev–Trinajstić information content (AvgIpc) is 4.13. The van der Waals surface area contributed by atoms with E-state index in [1.54, 1.807) is 21.9 Å². The lowest BCUT2D eigenvalue weighted by Gasteiger charge is -2.28. The molecule has 0 unspecified atom stereocenters. The zero-order valence-electron chi connectivity index (χ0n) is 33.1. The van der Waals surface area contributed by atoms with Crippen LogP contribution >= 0.6 is 0 Å². The Morgan fingerprint density at radius 2 is 1.22 bits per heavy atom. The summed E-state index contributed by atoms with van der Waals surface area (Å²) in [7, 11) is 2.54. The summed E-state index contributed by atoms with van der Waals surface area (Å²) >= 11 is 0. The number of imidazole rings is 1. The van der Waals surface area contributed by atoms with Crippen molar-refractivity contribution in [3.05, 3.63) is 137 Å². The number of H-pyrrole nitrogens is 2. The fraction of sp³-hybridized carbons (Fsp3) is 0.267. The number of rotatable bonds is 9. The highest BCUT2D eigenvalue weighted by Crippen LogP contribution is 2.35. The van der Waals surface area contributed by atoms with E-state index in [0.29, 0.717) is 48.1 Å². The van der Waals surface area contributed by atoms with E-state index in [4.69, 9.17) is 19.4 Å². The van der Waals surface area contributed by atoms with Crippen LogP contribution in [0.1, 0.15) is 83.8 Å². The highest BCUT2D eigenvalue weighted by atomic mass is 16.5. The molecule has 4 aromatic carbocycles. The van der Waals surface area contributed by atoms with E-state index in [9.17, 15) is 19.2 Å². The van der Waals surface area contributed by atoms with Crippen LogP contribution in [0.3, 0.4) is 0 Å². The number of alkyl carbamates (subject to hydrolysis) is 2. The predicted molar refractivity (Wildman–Crippen MR) is 221 cm³/mol. The summed E-state index contributed by atoms with van der Waals surface area (Å²) in [4.78, 5) is 68.7. The number of amides is 4. The molecule has 4 heterocycles. The van der Waals surface area contributed by atoms with Crippen LogP contribution < -0.4 is 10.6 Å². The summed E-state index contributed by atoms with van der Waals surface area (Å²) in [5, 5.41) is 12.9. The van der Waals surface area contributed by atoms with Crippen LogP contribution in [0.5, 0.6) is 0 Å². The number of hydrogen-bond donors (Lipinski definition) is 4. The maximum atomic E-state index is 13.9. The van der Waals surface area contributed by atoms with Crippen molar-refractivity contribution in [3.63, 3.8) is 0 Å². The molecule has 304 valence electrons. The van der Waals surface area contributed by atoms with Gasteiger partial charge in [-0.25, -0.2) is 19.6 Å². The number of nitrogens with zero attached hydrogens (tertiary/aromatic N) is 5. The van der Waals surface area contributed by atoms with Crippen molar-refractivity contribution in [1.82, 2.24) is 45.6 Å². The van der Waals surface area contributed by atoms with Gasteiger partial charge in [-0.1, -0.05) is 72.5 Å². The Hall–Kier alpha value is -7.47. The van der Waals surface area contributed by atoms with E-state index in [2.05, 4.69) is 37.7 Å². The van der Waals surface area contributed by atoms with Crippen LogP contribution in [0.15, 0.2) is 103 Å². The largest absolute Gasteiger partial charge is 0.453 e. The molecule has 0 aliphatic carbocycles. The number of hydrogen-bond acceptors (Lipinski definition) is 9. The number of benzene rings is 4. The topological polar surface area (TPSA) is 188 Å². The number of fused-ring (bicyclic) bond motifs is 1. The number of carbonyl (C=O) groups excluding carboxylic acids is 4. The van der Waals surface area contributed by atoms with Gasteiger partial charge in [-0.2, -0.15) is 5.10 Å². The molecule has 15 nitrogen and oxygen atoms in total. The van der Waals surface area contributed by atoms with E-state index in [-0.39, 0.29) is 23.9 Å². The molecule has 6 aromatic rings. The molecule has 4 N–H and O–H groups in total. The number of aromatic nitrogens is 5. The van der Waals surface area contributed by atoms with Crippen LogP contribution in [0.2, 0.25) is 0 Å². The second kappa shape index (κ2) is 17.6. The van der Waals surface area contributed by atoms with Crippen molar-refractivity contribution in [2.45, 2.75) is 49.9 Å². The Morgan fingerprint density at radius 1 is 0.683 bits per heavy atom. The quantitative estimate of drug-likeness (QED) is 0.122. The molecule has 0 radical (unpaired) electrons. The van der Waals surface area contributed by atoms with Gasteiger partial charge in [0.05, 0.1) is 37.3 Å². The molecule has 2 saturated heterocycles. The lowest BCUT2D eigenvalue weighted by Crippen LogP contribution is -2.42. The standard InChI is InChI=1S/C45H43N9O6/c1-59-44(57)48-37(30-11-5-3-6-12-30)42(55)53-25-9-15-35(53)40-46-33-24-21-29(27-34(33)47-40)18-17-28-19-22-32(23-20-28)39-50-41(52-51-39)36-16-10-26-54(36)43(56)38(49-45(58)60-2)31-13-7-4-8-14-31/h3-8,11-14,19-24,27,35-38H,9-10,15-16,25-26H2,1-2H3,(H,46,47)(H,48,57)(H,49,58)(H,50,51,52)/t35-,36-,37+,38+/m0/s1. The Bertz CT molecular complexity index is 2560. The Morgan fingerprint density at radius 3 is 1.78 bits per heavy atom. The first-order chi connectivity index (χ1) is 29.3. The minimum absolute atomic E-state index is 0.230. The van der Waals surface area contributed by atoms with Gasteiger partial charge in [0.1, 0.15) is 23.7 Å². The molecule has 0 bridgehead atoms. The first-order valence-electron chi connectivity index (χ1n) is 19.7. The van der Waals surface area contributed by atoms with Crippen molar-refractivity contribution in [1.29, 1.82) is 0 Å². The minimum atomic E-state index is -0.910. The van der Waals surface area contributed by atoms with Crippen LogP contribution in [0.25, 0.3) is 22.4 Å². The first-order valence-corrected chi connectivity index (χ1v) is 19.7. The molecule has 15 heteroatoms. The van der Waals surface area contributed by atoms with E-state index in [0.717, 1.165) is 47.0 Å². The Balaban J connectivity index is 0.941. The van der Waals surface area contributed by atoms with E-state index in [1.165, 1.54) is 14.2 Å². The van der Waals surface area contributed by atoms with Crippen molar-refractivity contribution in [2.75, 3.05) is 27.3 Å². The zero-order valence-corrected chi connectivity index (χ0v) is 33.1. The molecule has 2 fully saturated rings. The fourth-order valence-corrected chi connectivity index (χ4v) is 7.85. The van der Waals surface area contributed by atoms with E-state index < -0.39 is 24.3 Å². The maximum Gasteiger partial charge on any atom is 0.407 e. The minimum Gasteiger partial charge on any atom is -0.453 e. The molecule has 0 spiro atoms. The molecular weight excluding hydrogens is 763 g/mol. The molecule has 2 aliphatic heterocycles. The maximum absolute atomic E-state index is 13.9. The molecule has 8 rings (SSSR count). The summed E-state index contributed by atoms with van der Waals surface area (Å²) < 4.78 is 9.63. The smallest absolute Gasteiger partial charge is 0.407 e. The lowest BCUT2D eigenvalue weighted by molar-refractivity contribution is -0.135. The molecule has 60 heavy (non-hydrogen) atoms. The molecule has 4 amide bonds. The molecule has 2 aromatic heterocycles. The van der Waals surface area contributed by atoms with Crippen molar-refractivity contribution in [3.8, 4) is 23.2 Å².